The summed E-state index contributed by atoms with van der Waals surface area (Å²) in [5.41, 5.74) is 3.06. The standard InChI is InChI=1S/C20H23NO4/c1-3-25-20(22)15(2)13-19(21(23)24)14-16-9-11-18(12-10-16)17-7-5-4-6-8-17/h4-12,15,19H,3,13-14H2,1-2H3/t15-,19-/m0/s1. The van der Waals surface area contributed by atoms with Crippen LogP contribution in [-0.2, 0) is 16.0 Å². The Labute approximate surface area is 147 Å². The zero-order valence-electron chi connectivity index (χ0n) is 14.6. The Morgan fingerprint density at radius 2 is 1.68 bits per heavy atom. The summed E-state index contributed by atoms with van der Waals surface area (Å²) >= 11 is 0. The van der Waals surface area contributed by atoms with Gasteiger partial charge in [0, 0.05) is 17.8 Å². The maximum atomic E-state index is 11.7. The number of esters is 1. The van der Waals surface area contributed by atoms with E-state index in [0.29, 0.717) is 6.42 Å². The van der Waals surface area contributed by atoms with Crippen LogP contribution >= 0.6 is 0 Å². The fourth-order valence-electron chi connectivity index (χ4n) is 2.77. The molecule has 5 heteroatoms. The van der Waals surface area contributed by atoms with Gasteiger partial charge in [0.1, 0.15) is 0 Å². The quantitative estimate of drug-likeness (QED) is 0.411. The lowest BCUT2D eigenvalue weighted by atomic mass is 9.95. The van der Waals surface area contributed by atoms with Gasteiger partial charge in [0.15, 0.2) is 0 Å². The second kappa shape index (κ2) is 8.97. The van der Waals surface area contributed by atoms with Crippen molar-refractivity contribution in [2.24, 2.45) is 5.92 Å². The van der Waals surface area contributed by atoms with Crippen LogP contribution in [0.15, 0.2) is 54.6 Å². The van der Waals surface area contributed by atoms with Gasteiger partial charge in [0.25, 0.3) is 0 Å². The van der Waals surface area contributed by atoms with Crippen LogP contribution in [0.3, 0.4) is 0 Å². The zero-order chi connectivity index (χ0) is 18.2. The molecule has 0 aliphatic carbocycles. The highest BCUT2D eigenvalue weighted by molar-refractivity contribution is 5.72. The molecule has 0 aliphatic heterocycles. The highest BCUT2D eigenvalue weighted by Crippen LogP contribution is 2.21. The fraction of sp³-hybridized carbons (Fsp3) is 0.350. The van der Waals surface area contributed by atoms with E-state index in [2.05, 4.69) is 0 Å². The minimum absolute atomic E-state index is 0.173. The SMILES string of the molecule is CCOC(=O)[C@@H](C)C[C@@H](Cc1ccc(-c2ccccc2)cc1)[N+](=O)[O-]. The van der Waals surface area contributed by atoms with E-state index in [0.717, 1.165) is 16.7 Å². The maximum Gasteiger partial charge on any atom is 0.308 e. The maximum absolute atomic E-state index is 11.7. The minimum atomic E-state index is -0.804. The van der Waals surface area contributed by atoms with Crippen LogP contribution in [0.25, 0.3) is 11.1 Å². The van der Waals surface area contributed by atoms with E-state index in [1.807, 2.05) is 54.6 Å². The van der Waals surface area contributed by atoms with E-state index in [4.69, 9.17) is 4.74 Å². The van der Waals surface area contributed by atoms with Crippen molar-refractivity contribution in [1.82, 2.24) is 0 Å². The van der Waals surface area contributed by atoms with Gasteiger partial charge in [-0.05, 0) is 23.6 Å². The third-order valence-corrected chi connectivity index (χ3v) is 4.15. The first-order chi connectivity index (χ1) is 12.0. The van der Waals surface area contributed by atoms with Crippen molar-refractivity contribution in [2.75, 3.05) is 6.61 Å². The molecule has 0 saturated carbocycles. The molecule has 0 N–H and O–H groups in total. The first kappa shape index (κ1) is 18.6. The summed E-state index contributed by atoms with van der Waals surface area (Å²) in [7, 11) is 0. The number of hydrogen-bond acceptors (Lipinski definition) is 4. The van der Waals surface area contributed by atoms with Crippen LogP contribution in [0, 0.1) is 16.0 Å². The molecule has 0 unspecified atom stereocenters. The Morgan fingerprint density at radius 3 is 2.24 bits per heavy atom. The number of hydrogen-bond donors (Lipinski definition) is 0. The molecule has 0 fully saturated rings. The number of benzene rings is 2. The van der Waals surface area contributed by atoms with E-state index in [1.54, 1.807) is 13.8 Å². The summed E-state index contributed by atoms with van der Waals surface area (Å²) in [4.78, 5) is 22.8. The predicted molar refractivity (Wildman–Crippen MR) is 96.8 cm³/mol. The summed E-state index contributed by atoms with van der Waals surface area (Å²) < 4.78 is 4.94. The minimum Gasteiger partial charge on any atom is -0.466 e. The van der Waals surface area contributed by atoms with Gasteiger partial charge in [-0.15, -0.1) is 0 Å². The molecule has 2 aromatic rings. The summed E-state index contributed by atoms with van der Waals surface area (Å²) in [6, 6.07) is 16.9. The number of nitrogens with zero attached hydrogens (tertiary/aromatic N) is 1. The van der Waals surface area contributed by atoms with Crippen LogP contribution in [0.4, 0.5) is 0 Å². The first-order valence-electron chi connectivity index (χ1n) is 8.45. The molecule has 0 amide bonds. The van der Waals surface area contributed by atoms with Gasteiger partial charge in [-0.2, -0.15) is 0 Å². The van der Waals surface area contributed by atoms with Gasteiger partial charge >= 0.3 is 5.97 Å². The Morgan fingerprint density at radius 1 is 1.08 bits per heavy atom. The molecule has 5 nitrogen and oxygen atoms in total. The van der Waals surface area contributed by atoms with Crippen LogP contribution in [0.2, 0.25) is 0 Å². The Balaban J connectivity index is 2.04. The molecule has 2 aromatic carbocycles. The number of ether oxygens (including phenoxy) is 1. The largest absolute Gasteiger partial charge is 0.466 e. The van der Waals surface area contributed by atoms with Crippen molar-refractivity contribution in [2.45, 2.75) is 32.7 Å². The third kappa shape index (κ3) is 5.41. The predicted octanol–water partition coefficient (Wildman–Crippen LogP) is 4.13. The molecule has 0 aliphatic rings. The van der Waals surface area contributed by atoms with Crippen molar-refractivity contribution in [3.05, 3.63) is 70.3 Å². The molecule has 2 rings (SSSR count). The molecule has 0 radical (unpaired) electrons. The lowest BCUT2D eigenvalue weighted by molar-refractivity contribution is -0.524. The van der Waals surface area contributed by atoms with Crippen molar-refractivity contribution >= 4 is 5.97 Å². The number of nitro groups is 1. The molecular weight excluding hydrogens is 318 g/mol. The molecule has 2 atom stereocenters. The van der Waals surface area contributed by atoms with Crippen molar-refractivity contribution < 1.29 is 14.5 Å². The molecule has 0 saturated heterocycles. The summed E-state index contributed by atoms with van der Waals surface area (Å²) in [6.45, 7) is 3.68. The Hall–Kier alpha value is -2.69. The van der Waals surface area contributed by atoms with Gasteiger partial charge < -0.3 is 4.74 Å². The molecule has 132 valence electrons. The molecule has 0 heterocycles. The summed E-state index contributed by atoms with van der Waals surface area (Å²) in [6.07, 6.45) is 0.470. The number of rotatable bonds is 8. The zero-order valence-corrected chi connectivity index (χ0v) is 14.6. The van der Waals surface area contributed by atoms with E-state index in [9.17, 15) is 14.9 Å². The van der Waals surface area contributed by atoms with Crippen LogP contribution in [0.1, 0.15) is 25.8 Å². The van der Waals surface area contributed by atoms with Gasteiger partial charge in [0.2, 0.25) is 6.04 Å². The Kier molecular flexibility index (Phi) is 6.69. The van der Waals surface area contributed by atoms with Gasteiger partial charge in [0.05, 0.1) is 12.5 Å². The topological polar surface area (TPSA) is 69.4 Å². The van der Waals surface area contributed by atoms with Gasteiger partial charge in [-0.1, -0.05) is 61.5 Å². The second-order valence-corrected chi connectivity index (χ2v) is 6.10. The number of carbonyl (C=O) groups is 1. The molecule has 0 aromatic heterocycles. The highest BCUT2D eigenvalue weighted by Gasteiger charge is 2.27. The third-order valence-electron chi connectivity index (χ3n) is 4.15. The second-order valence-electron chi connectivity index (χ2n) is 6.10. The highest BCUT2D eigenvalue weighted by atomic mass is 16.6. The fourth-order valence-corrected chi connectivity index (χ4v) is 2.77. The van der Waals surface area contributed by atoms with E-state index < -0.39 is 12.0 Å². The van der Waals surface area contributed by atoms with Crippen LogP contribution in [0.5, 0.6) is 0 Å². The van der Waals surface area contributed by atoms with E-state index in [1.165, 1.54) is 0 Å². The summed E-state index contributed by atoms with van der Waals surface area (Å²) in [5.74, 6) is -0.868. The summed E-state index contributed by atoms with van der Waals surface area (Å²) in [5, 5.41) is 11.4. The van der Waals surface area contributed by atoms with Crippen LogP contribution < -0.4 is 0 Å². The lowest BCUT2D eigenvalue weighted by Crippen LogP contribution is -2.28. The average Bonchev–Trinajstić information content (AvgIpc) is 2.62. The average molecular weight is 341 g/mol. The molecule has 0 bridgehead atoms. The van der Waals surface area contributed by atoms with Crippen molar-refractivity contribution in [1.29, 1.82) is 0 Å². The van der Waals surface area contributed by atoms with Gasteiger partial charge in [-0.3, -0.25) is 14.9 Å². The molecule has 25 heavy (non-hydrogen) atoms. The monoisotopic (exact) mass is 341 g/mol. The Bertz CT molecular complexity index is 697. The normalized spacial score (nSPS) is 13.0. The van der Waals surface area contributed by atoms with E-state index >= 15 is 0 Å². The van der Waals surface area contributed by atoms with Crippen LogP contribution in [-0.4, -0.2) is 23.5 Å². The number of carbonyl (C=O) groups excluding carboxylic acids is 1. The molecular formula is C20H23NO4. The van der Waals surface area contributed by atoms with Gasteiger partial charge in [-0.25, -0.2) is 0 Å². The lowest BCUT2D eigenvalue weighted by Gasteiger charge is -2.14. The first-order valence-corrected chi connectivity index (χ1v) is 8.45. The van der Waals surface area contributed by atoms with Crippen molar-refractivity contribution in [3.8, 4) is 11.1 Å². The van der Waals surface area contributed by atoms with E-state index in [-0.39, 0.29) is 23.9 Å². The van der Waals surface area contributed by atoms with Crippen molar-refractivity contribution in [3.63, 3.8) is 0 Å². The smallest absolute Gasteiger partial charge is 0.308 e. The molecule has 0 spiro atoms.